The Kier molecular flexibility index (Phi) is 5.27. The maximum Gasteiger partial charge on any atom is 0.277 e. The van der Waals surface area contributed by atoms with E-state index in [-0.39, 0.29) is 11.7 Å². The molecule has 0 aliphatic rings. The molecule has 28 heavy (non-hydrogen) atoms. The van der Waals surface area contributed by atoms with Crippen molar-refractivity contribution in [3.05, 3.63) is 48.0 Å². The molecule has 0 spiro atoms. The zero-order chi connectivity index (χ0) is 19.5. The quantitative estimate of drug-likeness (QED) is 0.470. The standard InChI is InChI=1S/C19H16N4O3S2/c1-11-6-7-14-15(8-11)28-18(20-14)21-16(24)10-27-19-23-22-17(26-19)12-4-3-5-13(9-12)25-2/h3-9H,10H2,1-2H3,(H,20,21,24). The lowest BCUT2D eigenvalue weighted by atomic mass is 10.2. The molecule has 0 atom stereocenters. The van der Waals surface area contributed by atoms with Gasteiger partial charge in [-0.3, -0.25) is 4.79 Å². The second kappa shape index (κ2) is 7.99. The van der Waals surface area contributed by atoms with Crippen molar-refractivity contribution in [2.24, 2.45) is 0 Å². The Hall–Kier alpha value is -2.91. The van der Waals surface area contributed by atoms with E-state index in [1.807, 2.05) is 43.3 Å². The van der Waals surface area contributed by atoms with Crippen LogP contribution in [0.4, 0.5) is 5.13 Å². The minimum atomic E-state index is -0.179. The Labute approximate surface area is 169 Å². The second-order valence-electron chi connectivity index (χ2n) is 5.93. The molecule has 142 valence electrons. The molecule has 0 saturated carbocycles. The smallest absolute Gasteiger partial charge is 0.277 e. The van der Waals surface area contributed by atoms with Crippen molar-refractivity contribution in [1.82, 2.24) is 15.2 Å². The van der Waals surface area contributed by atoms with Crippen LogP contribution in [-0.4, -0.2) is 34.0 Å². The molecule has 4 aromatic rings. The van der Waals surface area contributed by atoms with Crippen LogP contribution >= 0.6 is 23.1 Å². The summed E-state index contributed by atoms with van der Waals surface area (Å²) in [4.78, 5) is 16.6. The van der Waals surface area contributed by atoms with E-state index in [2.05, 4.69) is 26.6 Å². The summed E-state index contributed by atoms with van der Waals surface area (Å²) in [5.41, 5.74) is 2.79. The number of aromatic nitrogens is 3. The summed E-state index contributed by atoms with van der Waals surface area (Å²) in [5.74, 6) is 1.05. The van der Waals surface area contributed by atoms with Gasteiger partial charge >= 0.3 is 0 Å². The number of ether oxygens (including phenoxy) is 1. The number of nitrogens with zero attached hydrogens (tertiary/aromatic N) is 3. The van der Waals surface area contributed by atoms with Crippen molar-refractivity contribution in [2.75, 3.05) is 18.2 Å². The highest BCUT2D eigenvalue weighted by molar-refractivity contribution is 7.99. The van der Waals surface area contributed by atoms with E-state index in [1.165, 1.54) is 23.1 Å². The first-order valence-corrected chi connectivity index (χ1v) is 10.2. The van der Waals surface area contributed by atoms with Gasteiger partial charge in [0.2, 0.25) is 11.8 Å². The zero-order valence-corrected chi connectivity index (χ0v) is 16.8. The number of hydrogen-bond acceptors (Lipinski definition) is 8. The second-order valence-corrected chi connectivity index (χ2v) is 7.89. The van der Waals surface area contributed by atoms with Crippen molar-refractivity contribution in [3.8, 4) is 17.2 Å². The molecule has 0 radical (unpaired) electrons. The van der Waals surface area contributed by atoms with E-state index in [9.17, 15) is 4.79 Å². The van der Waals surface area contributed by atoms with Crippen LogP contribution in [0, 0.1) is 6.92 Å². The Morgan fingerprint density at radius 3 is 3.00 bits per heavy atom. The molecule has 2 heterocycles. The Bertz CT molecular complexity index is 1140. The van der Waals surface area contributed by atoms with Crippen LogP contribution in [0.5, 0.6) is 5.75 Å². The molecular formula is C19H16N4O3S2. The van der Waals surface area contributed by atoms with Crippen molar-refractivity contribution in [2.45, 2.75) is 12.1 Å². The van der Waals surface area contributed by atoms with E-state index in [4.69, 9.17) is 9.15 Å². The summed E-state index contributed by atoms with van der Waals surface area (Å²) in [6, 6.07) is 13.3. The molecular weight excluding hydrogens is 396 g/mol. The average molecular weight is 412 g/mol. The number of carbonyl (C=O) groups excluding carboxylic acids is 1. The summed E-state index contributed by atoms with van der Waals surface area (Å²) in [7, 11) is 1.60. The van der Waals surface area contributed by atoms with Crippen molar-refractivity contribution < 1.29 is 13.9 Å². The SMILES string of the molecule is COc1cccc(-c2nnc(SCC(=O)Nc3nc4ccc(C)cc4s3)o2)c1. The van der Waals surface area contributed by atoms with Gasteiger partial charge in [0.1, 0.15) is 5.75 Å². The van der Waals surface area contributed by atoms with Crippen LogP contribution in [0.25, 0.3) is 21.7 Å². The van der Waals surface area contributed by atoms with Gasteiger partial charge in [0, 0.05) is 5.56 Å². The number of amides is 1. The van der Waals surface area contributed by atoms with Gasteiger partial charge in [0.25, 0.3) is 5.22 Å². The van der Waals surface area contributed by atoms with Crippen molar-refractivity contribution >= 4 is 44.4 Å². The summed E-state index contributed by atoms with van der Waals surface area (Å²) >= 11 is 2.63. The molecule has 4 rings (SSSR count). The van der Waals surface area contributed by atoms with E-state index in [0.29, 0.717) is 22.0 Å². The number of thiazole rings is 1. The molecule has 0 aliphatic heterocycles. The predicted octanol–water partition coefficient (Wildman–Crippen LogP) is 4.39. The number of aryl methyl sites for hydroxylation is 1. The van der Waals surface area contributed by atoms with Gasteiger partial charge in [-0.2, -0.15) is 0 Å². The molecule has 2 aromatic heterocycles. The highest BCUT2D eigenvalue weighted by Crippen LogP contribution is 2.28. The maximum atomic E-state index is 12.2. The lowest BCUT2D eigenvalue weighted by Gasteiger charge is -2.00. The van der Waals surface area contributed by atoms with Gasteiger partial charge in [0.15, 0.2) is 5.13 Å². The summed E-state index contributed by atoms with van der Waals surface area (Å²) in [6.07, 6.45) is 0. The van der Waals surface area contributed by atoms with Gasteiger partial charge in [-0.25, -0.2) is 4.98 Å². The average Bonchev–Trinajstić information content (AvgIpc) is 3.32. The van der Waals surface area contributed by atoms with E-state index >= 15 is 0 Å². The molecule has 0 aliphatic carbocycles. The van der Waals surface area contributed by atoms with Crippen LogP contribution in [0.2, 0.25) is 0 Å². The van der Waals surface area contributed by atoms with E-state index < -0.39 is 0 Å². The fourth-order valence-corrected chi connectivity index (χ4v) is 4.05. The van der Waals surface area contributed by atoms with Gasteiger partial charge in [-0.05, 0) is 42.8 Å². The number of methoxy groups -OCH3 is 1. The number of anilines is 1. The zero-order valence-electron chi connectivity index (χ0n) is 15.1. The number of carbonyl (C=O) groups is 1. The highest BCUT2D eigenvalue weighted by atomic mass is 32.2. The number of fused-ring (bicyclic) bond motifs is 1. The molecule has 0 fully saturated rings. The Balaban J connectivity index is 1.37. The van der Waals surface area contributed by atoms with Crippen LogP contribution < -0.4 is 10.1 Å². The molecule has 1 N–H and O–H groups in total. The Morgan fingerprint density at radius 1 is 1.25 bits per heavy atom. The molecule has 9 heteroatoms. The van der Waals surface area contributed by atoms with Gasteiger partial charge in [-0.1, -0.05) is 35.2 Å². The fourth-order valence-electron chi connectivity index (χ4n) is 2.51. The van der Waals surface area contributed by atoms with Crippen LogP contribution in [0.1, 0.15) is 5.56 Å². The summed E-state index contributed by atoms with van der Waals surface area (Å²) < 4.78 is 11.9. The minimum absolute atomic E-state index is 0.148. The number of benzene rings is 2. The normalized spacial score (nSPS) is 10.9. The van der Waals surface area contributed by atoms with Crippen molar-refractivity contribution in [3.63, 3.8) is 0 Å². The molecule has 7 nitrogen and oxygen atoms in total. The first-order valence-electron chi connectivity index (χ1n) is 8.38. The maximum absolute atomic E-state index is 12.2. The van der Waals surface area contributed by atoms with E-state index in [0.717, 1.165) is 21.3 Å². The van der Waals surface area contributed by atoms with Crippen molar-refractivity contribution in [1.29, 1.82) is 0 Å². The molecule has 1 amide bonds. The number of nitrogens with one attached hydrogen (secondary N) is 1. The third-order valence-corrected chi connectivity index (χ3v) is 5.59. The highest BCUT2D eigenvalue weighted by Gasteiger charge is 2.13. The summed E-state index contributed by atoms with van der Waals surface area (Å²) in [6.45, 7) is 2.03. The van der Waals surface area contributed by atoms with Gasteiger partial charge < -0.3 is 14.5 Å². The molecule has 0 saturated heterocycles. The van der Waals surface area contributed by atoms with Crippen LogP contribution in [-0.2, 0) is 4.79 Å². The minimum Gasteiger partial charge on any atom is -0.497 e. The van der Waals surface area contributed by atoms with Gasteiger partial charge in [0.05, 0.1) is 23.1 Å². The lowest BCUT2D eigenvalue weighted by molar-refractivity contribution is -0.113. The van der Waals surface area contributed by atoms with E-state index in [1.54, 1.807) is 7.11 Å². The third-order valence-electron chi connectivity index (χ3n) is 3.84. The molecule has 2 aromatic carbocycles. The first-order chi connectivity index (χ1) is 13.6. The first kappa shape index (κ1) is 18.5. The van der Waals surface area contributed by atoms with Gasteiger partial charge in [-0.15, -0.1) is 10.2 Å². The third kappa shape index (κ3) is 4.15. The fraction of sp³-hybridized carbons (Fsp3) is 0.158. The number of rotatable bonds is 6. The largest absolute Gasteiger partial charge is 0.497 e. The predicted molar refractivity (Wildman–Crippen MR) is 110 cm³/mol. The lowest BCUT2D eigenvalue weighted by Crippen LogP contribution is -2.13. The van der Waals surface area contributed by atoms with Crippen LogP contribution in [0.3, 0.4) is 0 Å². The topological polar surface area (TPSA) is 90.1 Å². The molecule has 0 bridgehead atoms. The Morgan fingerprint density at radius 2 is 2.14 bits per heavy atom. The molecule has 0 unspecified atom stereocenters. The van der Waals surface area contributed by atoms with Crippen LogP contribution in [0.15, 0.2) is 52.1 Å². The number of hydrogen-bond donors (Lipinski definition) is 1. The number of thioether (sulfide) groups is 1. The monoisotopic (exact) mass is 412 g/mol. The summed E-state index contributed by atoms with van der Waals surface area (Å²) in [5, 5.41) is 11.7.